The van der Waals surface area contributed by atoms with Crippen molar-refractivity contribution in [3.8, 4) is 0 Å². The highest BCUT2D eigenvalue weighted by atomic mass is 79.9. The number of benzene rings is 2. The number of anilines is 1. The fourth-order valence-electron chi connectivity index (χ4n) is 1.90. The van der Waals surface area contributed by atoms with E-state index in [1.54, 1.807) is 6.07 Å². The first kappa shape index (κ1) is 13.1. The number of rotatable bonds is 4. The van der Waals surface area contributed by atoms with Crippen molar-refractivity contribution >= 4 is 21.6 Å². The van der Waals surface area contributed by atoms with Crippen LogP contribution in [0.15, 0.2) is 53.0 Å². The molecular formula is C15H15BrFN. The maximum Gasteiger partial charge on any atom is 0.124 e. The van der Waals surface area contributed by atoms with Crippen molar-refractivity contribution in [1.29, 1.82) is 0 Å². The van der Waals surface area contributed by atoms with Crippen LogP contribution in [0.3, 0.4) is 0 Å². The van der Waals surface area contributed by atoms with E-state index in [-0.39, 0.29) is 11.9 Å². The van der Waals surface area contributed by atoms with Crippen molar-refractivity contribution in [3.63, 3.8) is 0 Å². The monoisotopic (exact) mass is 307 g/mol. The fraction of sp³-hybridized carbons (Fsp3) is 0.200. The molecule has 0 radical (unpaired) electrons. The Kier molecular flexibility index (Phi) is 4.37. The van der Waals surface area contributed by atoms with E-state index in [4.69, 9.17) is 0 Å². The topological polar surface area (TPSA) is 12.0 Å². The molecular weight excluding hydrogens is 293 g/mol. The van der Waals surface area contributed by atoms with Crippen LogP contribution in [0.2, 0.25) is 0 Å². The van der Waals surface area contributed by atoms with E-state index in [0.29, 0.717) is 0 Å². The molecule has 1 atom stereocenters. The van der Waals surface area contributed by atoms with E-state index in [1.807, 2.05) is 18.2 Å². The molecule has 0 aliphatic carbocycles. The Morgan fingerprint density at radius 3 is 2.50 bits per heavy atom. The molecule has 2 aromatic carbocycles. The maximum atomic E-state index is 13.0. The average Bonchev–Trinajstić information content (AvgIpc) is 2.39. The predicted octanol–water partition coefficient (Wildman–Crippen LogP) is 5.15. The lowest BCUT2D eigenvalue weighted by Crippen LogP contribution is -2.09. The molecule has 0 amide bonds. The SMILES string of the molecule is CCC(Nc1ccc(F)cc1Br)c1ccccc1. The van der Waals surface area contributed by atoms with Crippen LogP contribution in [0.25, 0.3) is 0 Å². The van der Waals surface area contributed by atoms with E-state index in [1.165, 1.54) is 17.7 Å². The molecule has 2 rings (SSSR count). The summed E-state index contributed by atoms with van der Waals surface area (Å²) in [5, 5.41) is 3.43. The van der Waals surface area contributed by atoms with E-state index >= 15 is 0 Å². The molecule has 0 fully saturated rings. The van der Waals surface area contributed by atoms with Crippen LogP contribution >= 0.6 is 15.9 Å². The van der Waals surface area contributed by atoms with Gasteiger partial charge in [-0.3, -0.25) is 0 Å². The van der Waals surface area contributed by atoms with Gasteiger partial charge in [0, 0.05) is 10.2 Å². The van der Waals surface area contributed by atoms with Crippen LogP contribution in [0, 0.1) is 5.82 Å². The van der Waals surface area contributed by atoms with Gasteiger partial charge in [0.15, 0.2) is 0 Å². The number of hydrogen-bond acceptors (Lipinski definition) is 1. The molecule has 94 valence electrons. The molecule has 0 saturated heterocycles. The van der Waals surface area contributed by atoms with Crippen LogP contribution in [0.1, 0.15) is 24.9 Å². The van der Waals surface area contributed by atoms with Gasteiger partial charge in [0.1, 0.15) is 5.82 Å². The van der Waals surface area contributed by atoms with Crippen molar-refractivity contribution in [2.24, 2.45) is 0 Å². The maximum absolute atomic E-state index is 13.0. The average molecular weight is 308 g/mol. The Morgan fingerprint density at radius 2 is 1.89 bits per heavy atom. The van der Waals surface area contributed by atoms with Gasteiger partial charge < -0.3 is 5.32 Å². The van der Waals surface area contributed by atoms with E-state index in [9.17, 15) is 4.39 Å². The third-order valence-electron chi connectivity index (χ3n) is 2.87. The van der Waals surface area contributed by atoms with Gasteiger partial charge in [-0.05, 0) is 46.1 Å². The smallest absolute Gasteiger partial charge is 0.124 e. The third kappa shape index (κ3) is 3.10. The summed E-state index contributed by atoms with van der Waals surface area (Å²) in [6.07, 6.45) is 0.966. The van der Waals surface area contributed by atoms with Crippen LogP contribution < -0.4 is 5.32 Å². The summed E-state index contributed by atoms with van der Waals surface area (Å²) in [6, 6.07) is 15.2. The molecule has 3 heteroatoms. The third-order valence-corrected chi connectivity index (χ3v) is 3.53. The zero-order valence-corrected chi connectivity index (χ0v) is 11.7. The standard InChI is InChI=1S/C15H15BrFN/c1-2-14(11-6-4-3-5-7-11)18-15-9-8-12(17)10-13(15)16/h3-10,14,18H,2H2,1H3. The van der Waals surface area contributed by atoms with Gasteiger partial charge >= 0.3 is 0 Å². The van der Waals surface area contributed by atoms with Gasteiger partial charge in [-0.25, -0.2) is 4.39 Å². The summed E-state index contributed by atoms with van der Waals surface area (Å²) in [4.78, 5) is 0. The summed E-state index contributed by atoms with van der Waals surface area (Å²) >= 11 is 3.37. The second-order valence-corrected chi connectivity index (χ2v) is 4.99. The van der Waals surface area contributed by atoms with Gasteiger partial charge in [-0.1, -0.05) is 37.3 Å². The zero-order chi connectivity index (χ0) is 13.0. The predicted molar refractivity (Wildman–Crippen MR) is 77.2 cm³/mol. The van der Waals surface area contributed by atoms with Crippen molar-refractivity contribution in [1.82, 2.24) is 0 Å². The highest BCUT2D eigenvalue weighted by Gasteiger charge is 2.10. The minimum atomic E-state index is -0.236. The van der Waals surface area contributed by atoms with E-state index in [2.05, 4.69) is 40.3 Å². The first-order valence-electron chi connectivity index (χ1n) is 5.97. The lowest BCUT2D eigenvalue weighted by molar-refractivity contribution is 0.627. The highest BCUT2D eigenvalue weighted by Crippen LogP contribution is 2.28. The second kappa shape index (κ2) is 6.01. The van der Waals surface area contributed by atoms with Gasteiger partial charge in [0.25, 0.3) is 0 Å². The highest BCUT2D eigenvalue weighted by molar-refractivity contribution is 9.10. The van der Waals surface area contributed by atoms with Gasteiger partial charge in [0.05, 0.1) is 6.04 Å². The number of hydrogen-bond donors (Lipinski definition) is 1. The molecule has 2 aromatic rings. The van der Waals surface area contributed by atoms with Crippen molar-refractivity contribution in [2.75, 3.05) is 5.32 Å². The Hall–Kier alpha value is -1.35. The molecule has 0 aliphatic rings. The first-order valence-corrected chi connectivity index (χ1v) is 6.76. The molecule has 18 heavy (non-hydrogen) atoms. The summed E-state index contributed by atoms with van der Waals surface area (Å²) < 4.78 is 13.8. The minimum Gasteiger partial charge on any atom is -0.377 e. The van der Waals surface area contributed by atoms with Crippen LogP contribution in [-0.4, -0.2) is 0 Å². The minimum absolute atomic E-state index is 0.230. The second-order valence-electron chi connectivity index (χ2n) is 4.14. The number of nitrogens with one attached hydrogen (secondary N) is 1. The van der Waals surface area contributed by atoms with Gasteiger partial charge in [-0.2, -0.15) is 0 Å². The molecule has 0 heterocycles. The molecule has 0 saturated carbocycles. The fourth-order valence-corrected chi connectivity index (χ4v) is 2.37. The molecule has 0 aliphatic heterocycles. The van der Waals surface area contributed by atoms with Crippen LogP contribution in [0.4, 0.5) is 10.1 Å². The normalized spacial score (nSPS) is 12.2. The van der Waals surface area contributed by atoms with Crippen molar-refractivity contribution in [3.05, 3.63) is 64.4 Å². The zero-order valence-electron chi connectivity index (χ0n) is 10.2. The molecule has 1 unspecified atom stereocenters. The summed E-state index contributed by atoms with van der Waals surface area (Å²) in [5.74, 6) is -0.236. The van der Waals surface area contributed by atoms with Crippen molar-refractivity contribution < 1.29 is 4.39 Å². The largest absolute Gasteiger partial charge is 0.377 e. The Bertz CT molecular complexity index is 513. The van der Waals surface area contributed by atoms with E-state index in [0.717, 1.165) is 16.6 Å². The summed E-state index contributed by atoms with van der Waals surface area (Å²) in [5.41, 5.74) is 2.14. The molecule has 0 spiro atoms. The number of halogens is 2. The van der Waals surface area contributed by atoms with Gasteiger partial charge in [0.2, 0.25) is 0 Å². The Balaban J connectivity index is 2.21. The summed E-state index contributed by atoms with van der Waals surface area (Å²) in [6.45, 7) is 2.13. The molecule has 1 N–H and O–H groups in total. The lowest BCUT2D eigenvalue weighted by Gasteiger charge is -2.19. The van der Waals surface area contributed by atoms with E-state index < -0.39 is 0 Å². The quantitative estimate of drug-likeness (QED) is 0.823. The molecule has 0 bridgehead atoms. The summed E-state index contributed by atoms with van der Waals surface area (Å²) in [7, 11) is 0. The first-order chi connectivity index (χ1) is 8.70. The van der Waals surface area contributed by atoms with Crippen LogP contribution in [0.5, 0.6) is 0 Å². The molecule has 1 nitrogen and oxygen atoms in total. The lowest BCUT2D eigenvalue weighted by atomic mass is 10.0. The van der Waals surface area contributed by atoms with Crippen LogP contribution in [-0.2, 0) is 0 Å². The Labute approximate surface area is 115 Å². The Morgan fingerprint density at radius 1 is 1.17 bits per heavy atom. The van der Waals surface area contributed by atoms with Gasteiger partial charge in [-0.15, -0.1) is 0 Å². The van der Waals surface area contributed by atoms with Crippen molar-refractivity contribution in [2.45, 2.75) is 19.4 Å². The molecule has 0 aromatic heterocycles.